The Balaban J connectivity index is 1.75. The third-order valence-corrected chi connectivity index (χ3v) is 6.45. The second-order valence-electron chi connectivity index (χ2n) is 6.00. The van der Waals surface area contributed by atoms with Crippen LogP contribution in [0.3, 0.4) is 0 Å². The van der Waals surface area contributed by atoms with Crippen molar-refractivity contribution >= 4 is 37.5 Å². The van der Waals surface area contributed by atoms with Gasteiger partial charge in [0, 0.05) is 35.5 Å². The van der Waals surface area contributed by atoms with Gasteiger partial charge in [-0.2, -0.15) is 4.31 Å². The molecule has 1 fully saturated rings. The van der Waals surface area contributed by atoms with Crippen molar-refractivity contribution in [3.8, 4) is 0 Å². The smallest absolute Gasteiger partial charge is 0.251 e. The van der Waals surface area contributed by atoms with Crippen LogP contribution >= 0.6 is 15.9 Å². The van der Waals surface area contributed by atoms with Crippen molar-refractivity contribution in [3.63, 3.8) is 0 Å². The van der Waals surface area contributed by atoms with Crippen molar-refractivity contribution in [2.75, 3.05) is 18.4 Å². The summed E-state index contributed by atoms with van der Waals surface area (Å²) >= 11 is 3.25. The highest BCUT2D eigenvalue weighted by Crippen LogP contribution is 2.23. The molecular formula is C17H18BrN3O4S. The number of rotatable bonds is 5. The van der Waals surface area contributed by atoms with Gasteiger partial charge in [0.2, 0.25) is 15.9 Å². The molecule has 0 atom stereocenters. The molecule has 1 saturated heterocycles. The Kier molecular flexibility index (Phi) is 5.59. The van der Waals surface area contributed by atoms with Crippen LogP contribution in [0.15, 0.2) is 56.8 Å². The number of carbonyl (C=O) groups is 1. The van der Waals surface area contributed by atoms with E-state index in [2.05, 4.69) is 21.2 Å². The number of anilines is 1. The summed E-state index contributed by atoms with van der Waals surface area (Å²) in [7, 11) is -3.55. The number of hydrogen-bond acceptors (Lipinski definition) is 4. The van der Waals surface area contributed by atoms with E-state index in [4.69, 9.17) is 0 Å². The monoisotopic (exact) mass is 439 g/mol. The van der Waals surface area contributed by atoms with Gasteiger partial charge in [0.05, 0.1) is 4.90 Å². The summed E-state index contributed by atoms with van der Waals surface area (Å²) in [6, 6.07) is 9.12. The zero-order valence-corrected chi connectivity index (χ0v) is 16.3. The highest BCUT2D eigenvalue weighted by atomic mass is 79.9. The molecule has 26 heavy (non-hydrogen) atoms. The van der Waals surface area contributed by atoms with Gasteiger partial charge in [-0.15, -0.1) is 0 Å². The summed E-state index contributed by atoms with van der Waals surface area (Å²) in [5.74, 6) is -0.416. The van der Waals surface area contributed by atoms with Crippen LogP contribution in [0.1, 0.15) is 12.8 Å². The lowest BCUT2D eigenvalue weighted by Gasteiger charge is -2.16. The van der Waals surface area contributed by atoms with Gasteiger partial charge in [-0.25, -0.2) is 8.42 Å². The van der Waals surface area contributed by atoms with Gasteiger partial charge in [-0.3, -0.25) is 9.59 Å². The second kappa shape index (κ2) is 7.73. The lowest BCUT2D eigenvalue weighted by molar-refractivity contribution is -0.116. The number of pyridine rings is 1. The number of nitrogens with zero attached hydrogens (tertiary/aromatic N) is 2. The minimum atomic E-state index is -3.55. The molecule has 0 saturated carbocycles. The number of nitrogens with one attached hydrogen (secondary N) is 1. The van der Waals surface area contributed by atoms with Crippen LogP contribution in [0, 0.1) is 0 Å². The molecule has 0 bridgehead atoms. The van der Waals surface area contributed by atoms with Crippen molar-refractivity contribution in [3.05, 3.63) is 57.4 Å². The zero-order valence-electron chi connectivity index (χ0n) is 13.9. The van der Waals surface area contributed by atoms with Gasteiger partial charge in [0.15, 0.2) is 0 Å². The van der Waals surface area contributed by atoms with Gasteiger partial charge in [-0.05, 0) is 53.0 Å². The van der Waals surface area contributed by atoms with Crippen molar-refractivity contribution < 1.29 is 13.2 Å². The predicted molar refractivity (Wildman–Crippen MR) is 101 cm³/mol. The fourth-order valence-corrected chi connectivity index (χ4v) is 4.74. The van der Waals surface area contributed by atoms with E-state index >= 15 is 0 Å². The molecule has 0 aliphatic carbocycles. The molecule has 0 spiro atoms. The molecule has 2 aromatic rings. The topological polar surface area (TPSA) is 88.5 Å². The molecule has 7 nitrogen and oxygen atoms in total. The number of carbonyl (C=O) groups excluding carboxylic acids is 1. The third-order valence-electron chi connectivity index (χ3n) is 4.08. The third kappa shape index (κ3) is 4.22. The molecule has 1 N–H and O–H groups in total. The summed E-state index contributed by atoms with van der Waals surface area (Å²) in [6.45, 7) is 0.872. The number of amides is 1. The summed E-state index contributed by atoms with van der Waals surface area (Å²) in [5, 5.41) is 2.64. The summed E-state index contributed by atoms with van der Waals surface area (Å²) in [5.41, 5.74) is 0.0760. The highest BCUT2D eigenvalue weighted by molar-refractivity contribution is 9.10. The van der Waals surface area contributed by atoms with Gasteiger partial charge >= 0.3 is 0 Å². The van der Waals surface area contributed by atoms with E-state index in [1.54, 1.807) is 18.2 Å². The average Bonchev–Trinajstić information content (AvgIpc) is 3.14. The van der Waals surface area contributed by atoms with Crippen LogP contribution in [0.4, 0.5) is 5.69 Å². The summed E-state index contributed by atoms with van der Waals surface area (Å²) in [4.78, 5) is 24.1. The van der Waals surface area contributed by atoms with Crippen LogP contribution in [-0.2, 0) is 21.4 Å². The van der Waals surface area contributed by atoms with Crippen LogP contribution in [0.2, 0.25) is 0 Å². The van der Waals surface area contributed by atoms with E-state index in [1.165, 1.54) is 33.3 Å². The number of sulfonamides is 1. The molecule has 138 valence electrons. The fraction of sp³-hybridized carbons (Fsp3) is 0.294. The molecular weight excluding hydrogens is 422 g/mol. The number of halogens is 1. The largest absolute Gasteiger partial charge is 0.324 e. The van der Waals surface area contributed by atoms with E-state index in [-0.39, 0.29) is 17.0 Å². The van der Waals surface area contributed by atoms with Crippen molar-refractivity contribution in [2.24, 2.45) is 0 Å². The van der Waals surface area contributed by atoms with E-state index in [0.717, 1.165) is 12.8 Å². The highest BCUT2D eigenvalue weighted by Gasteiger charge is 2.27. The molecule has 0 radical (unpaired) electrons. The normalized spacial score (nSPS) is 15.1. The molecule has 1 aliphatic heterocycles. The van der Waals surface area contributed by atoms with Crippen LogP contribution in [-0.4, -0.2) is 36.3 Å². The SMILES string of the molecule is O=C(Cn1cc(Br)ccc1=O)Nc1cccc(S(=O)(=O)N2CCCC2)c1. The first-order chi connectivity index (χ1) is 12.4. The van der Waals surface area contributed by atoms with Gasteiger partial charge in [0.1, 0.15) is 6.54 Å². The van der Waals surface area contributed by atoms with Gasteiger partial charge in [0.25, 0.3) is 5.56 Å². The Labute approximate surface area is 159 Å². The lowest BCUT2D eigenvalue weighted by Crippen LogP contribution is -2.28. The Morgan fingerprint density at radius 2 is 1.88 bits per heavy atom. The van der Waals surface area contributed by atoms with Gasteiger partial charge in [-0.1, -0.05) is 6.07 Å². The first kappa shape index (κ1) is 18.8. The molecule has 0 unspecified atom stereocenters. The van der Waals surface area contributed by atoms with E-state index < -0.39 is 15.9 Å². The molecule has 1 aromatic heterocycles. The molecule has 1 aliphatic rings. The maximum atomic E-state index is 12.6. The van der Waals surface area contributed by atoms with E-state index in [0.29, 0.717) is 23.2 Å². The standard InChI is InChI=1S/C17H18BrN3O4S/c18-13-6-7-17(23)20(11-13)12-16(22)19-14-4-3-5-15(10-14)26(24,25)21-8-1-2-9-21/h3-7,10-11H,1-2,8-9,12H2,(H,19,22). The molecule has 9 heteroatoms. The maximum Gasteiger partial charge on any atom is 0.251 e. The van der Waals surface area contributed by atoms with E-state index in [1.807, 2.05) is 0 Å². The molecule has 3 rings (SSSR count). The van der Waals surface area contributed by atoms with Crippen LogP contribution < -0.4 is 10.9 Å². The van der Waals surface area contributed by atoms with Crippen molar-refractivity contribution in [2.45, 2.75) is 24.3 Å². The minimum Gasteiger partial charge on any atom is -0.324 e. The second-order valence-corrected chi connectivity index (χ2v) is 8.85. The molecule has 1 aromatic carbocycles. The fourth-order valence-electron chi connectivity index (χ4n) is 2.79. The summed E-state index contributed by atoms with van der Waals surface area (Å²) < 4.78 is 28.6. The lowest BCUT2D eigenvalue weighted by atomic mass is 10.3. The zero-order chi connectivity index (χ0) is 18.7. The van der Waals surface area contributed by atoms with Crippen molar-refractivity contribution in [1.82, 2.24) is 8.87 Å². The van der Waals surface area contributed by atoms with Crippen LogP contribution in [0.25, 0.3) is 0 Å². The quantitative estimate of drug-likeness (QED) is 0.771. The van der Waals surface area contributed by atoms with E-state index in [9.17, 15) is 18.0 Å². The Morgan fingerprint density at radius 1 is 1.15 bits per heavy atom. The average molecular weight is 440 g/mol. The minimum absolute atomic E-state index is 0.150. The number of hydrogen-bond donors (Lipinski definition) is 1. The maximum absolute atomic E-state index is 12.6. The van der Waals surface area contributed by atoms with Gasteiger partial charge < -0.3 is 9.88 Å². The summed E-state index contributed by atoms with van der Waals surface area (Å²) in [6.07, 6.45) is 3.24. The first-order valence-corrected chi connectivity index (χ1v) is 10.4. The molecule has 1 amide bonds. The van der Waals surface area contributed by atoms with Crippen molar-refractivity contribution in [1.29, 1.82) is 0 Å². The van der Waals surface area contributed by atoms with Crippen LogP contribution in [0.5, 0.6) is 0 Å². The Bertz CT molecular complexity index is 981. The Morgan fingerprint density at radius 3 is 2.62 bits per heavy atom. The Hall–Kier alpha value is -1.97. The predicted octanol–water partition coefficient (Wildman–Crippen LogP) is 2.03. The first-order valence-electron chi connectivity index (χ1n) is 8.12. The molecule has 2 heterocycles. The number of benzene rings is 1. The number of aromatic nitrogens is 1.